The van der Waals surface area contributed by atoms with Crippen molar-refractivity contribution < 1.29 is 14.6 Å². The van der Waals surface area contributed by atoms with E-state index in [0.717, 1.165) is 5.56 Å². The summed E-state index contributed by atoms with van der Waals surface area (Å²) in [4.78, 5) is 11.4. The number of rotatable bonds is 4. The van der Waals surface area contributed by atoms with Crippen LogP contribution in [0.3, 0.4) is 0 Å². The molecule has 1 aromatic rings. The van der Waals surface area contributed by atoms with Gasteiger partial charge in [-0.15, -0.1) is 0 Å². The van der Waals surface area contributed by atoms with Crippen LogP contribution in [0.25, 0.3) is 0 Å². The lowest BCUT2D eigenvalue weighted by molar-refractivity contribution is -0.143. The number of esters is 1. The minimum Gasteiger partial charge on any atom is -0.506 e. The third-order valence-electron chi connectivity index (χ3n) is 2.99. The van der Waals surface area contributed by atoms with Crippen molar-refractivity contribution >= 4 is 11.7 Å². The molecule has 0 unspecified atom stereocenters. The number of hydrogen-bond donors (Lipinski definition) is 2. The van der Waals surface area contributed by atoms with Crippen molar-refractivity contribution in [3.05, 3.63) is 23.3 Å². The fraction of sp³-hybridized carbons (Fsp3) is 0.533. The molecule has 0 aliphatic heterocycles. The number of phenolic OH excluding ortho intramolecular Hbond substituents is 1. The predicted octanol–water partition coefficient (Wildman–Crippen LogP) is 2.77. The fourth-order valence-electron chi connectivity index (χ4n) is 1.81. The highest BCUT2D eigenvalue weighted by atomic mass is 16.5. The molecular weight excluding hydrogens is 242 g/mol. The van der Waals surface area contributed by atoms with E-state index in [1.807, 2.05) is 6.07 Å². The quantitative estimate of drug-likeness (QED) is 0.499. The van der Waals surface area contributed by atoms with Gasteiger partial charge in [0, 0.05) is 6.42 Å². The molecule has 0 fully saturated rings. The van der Waals surface area contributed by atoms with Crippen molar-refractivity contribution in [2.75, 3.05) is 12.3 Å². The molecule has 0 aliphatic carbocycles. The number of carbonyl (C=O) groups is 1. The zero-order chi connectivity index (χ0) is 14.6. The molecule has 1 rings (SSSR count). The van der Waals surface area contributed by atoms with E-state index in [1.54, 1.807) is 13.0 Å². The Morgan fingerprint density at radius 2 is 2.00 bits per heavy atom. The lowest BCUT2D eigenvalue weighted by Crippen LogP contribution is -2.13. The van der Waals surface area contributed by atoms with Gasteiger partial charge in [0.05, 0.1) is 12.3 Å². The van der Waals surface area contributed by atoms with Crippen LogP contribution in [0.5, 0.6) is 5.75 Å². The highest BCUT2D eigenvalue weighted by Crippen LogP contribution is 2.33. The van der Waals surface area contributed by atoms with Crippen LogP contribution in [0.2, 0.25) is 0 Å². The fourth-order valence-corrected chi connectivity index (χ4v) is 1.81. The summed E-state index contributed by atoms with van der Waals surface area (Å²) in [7, 11) is 0. The Bertz CT molecular complexity index is 461. The zero-order valence-electron chi connectivity index (χ0n) is 12.1. The van der Waals surface area contributed by atoms with E-state index in [4.69, 9.17) is 10.5 Å². The van der Waals surface area contributed by atoms with Gasteiger partial charge in [0.25, 0.3) is 0 Å². The minimum atomic E-state index is -0.262. The van der Waals surface area contributed by atoms with E-state index in [1.165, 1.54) is 0 Å². The lowest BCUT2D eigenvalue weighted by Gasteiger charge is -2.21. The molecule has 0 atom stereocenters. The van der Waals surface area contributed by atoms with Crippen LogP contribution in [-0.4, -0.2) is 17.7 Å². The van der Waals surface area contributed by atoms with Crippen LogP contribution in [0, 0.1) is 0 Å². The van der Waals surface area contributed by atoms with E-state index in [9.17, 15) is 9.90 Å². The molecule has 0 aromatic heterocycles. The number of nitrogens with two attached hydrogens (primary N) is 1. The average Bonchev–Trinajstić information content (AvgIpc) is 2.30. The Hall–Kier alpha value is -1.71. The molecule has 0 spiro atoms. The number of anilines is 1. The first-order valence-electron chi connectivity index (χ1n) is 6.53. The van der Waals surface area contributed by atoms with Crippen molar-refractivity contribution in [3.8, 4) is 5.75 Å². The van der Waals surface area contributed by atoms with Gasteiger partial charge in [-0.3, -0.25) is 4.79 Å². The second kappa shape index (κ2) is 5.95. The summed E-state index contributed by atoms with van der Waals surface area (Å²) < 4.78 is 4.88. The Morgan fingerprint density at radius 3 is 2.53 bits per heavy atom. The van der Waals surface area contributed by atoms with Gasteiger partial charge in [-0.05, 0) is 36.0 Å². The Labute approximate surface area is 114 Å². The number of hydrogen-bond acceptors (Lipinski definition) is 4. The summed E-state index contributed by atoms with van der Waals surface area (Å²) in [5.41, 5.74) is 7.85. The van der Waals surface area contributed by atoms with Gasteiger partial charge in [-0.1, -0.05) is 26.8 Å². The van der Waals surface area contributed by atoms with E-state index >= 15 is 0 Å². The first-order chi connectivity index (χ1) is 8.75. The molecule has 19 heavy (non-hydrogen) atoms. The van der Waals surface area contributed by atoms with Crippen LogP contribution in [-0.2, 0) is 21.4 Å². The van der Waals surface area contributed by atoms with E-state index in [2.05, 4.69) is 20.8 Å². The number of ether oxygens (including phenoxy) is 1. The van der Waals surface area contributed by atoms with Gasteiger partial charge in [0.15, 0.2) is 0 Å². The summed E-state index contributed by atoms with van der Waals surface area (Å²) in [6.45, 7) is 8.37. The molecular formula is C15H23NO3. The number of aryl methyl sites for hydroxylation is 1. The summed E-state index contributed by atoms with van der Waals surface area (Å²) in [6.07, 6.45) is 0.674. The first-order valence-corrected chi connectivity index (χ1v) is 6.53. The molecule has 0 aliphatic rings. The van der Waals surface area contributed by atoms with Crippen LogP contribution in [0.15, 0.2) is 12.1 Å². The van der Waals surface area contributed by atoms with Gasteiger partial charge < -0.3 is 15.6 Å². The molecule has 0 radical (unpaired) electrons. The molecule has 3 N–H and O–H groups in total. The molecule has 0 saturated heterocycles. The predicted molar refractivity (Wildman–Crippen MR) is 76.2 cm³/mol. The van der Waals surface area contributed by atoms with Gasteiger partial charge >= 0.3 is 5.97 Å². The molecule has 0 heterocycles. The van der Waals surface area contributed by atoms with E-state index in [0.29, 0.717) is 24.3 Å². The van der Waals surface area contributed by atoms with Crippen molar-refractivity contribution in [2.24, 2.45) is 0 Å². The number of carbonyl (C=O) groups excluding carboxylic acids is 1. The Morgan fingerprint density at radius 1 is 1.37 bits per heavy atom. The second-order valence-electron chi connectivity index (χ2n) is 5.63. The molecule has 0 amide bonds. The average molecular weight is 265 g/mol. The maximum absolute atomic E-state index is 11.4. The van der Waals surface area contributed by atoms with Crippen LogP contribution >= 0.6 is 0 Å². The topological polar surface area (TPSA) is 72.5 Å². The highest BCUT2D eigenvalue weighted by molar-refractivity contribution is 5.70. The normalized spacial score (nSPS) is 11.4. The summed E-state index contributed by atoms with van der Waals surface area (Å²) >= 11 is 0. The van der Waals surface area contributed by atoms with Gasteiger partial charge in [-0.2, -0.15) is 0 Å². The van der Waals surface area contributed by atoms with Crippen LogP contribution in [0.4, 0.5) is 5.69 Å². The maximum atomic E-state index is 11.4. The largest absolute Gasteiger partial charge is 0.506 e. The summed E-state index contributed by atoms with van der Waals surface area (Å²) in [5.74, 6) is -0.195. The number of phenols is 1. The molecule has 0 saturated carbocycles. The van der Waals surface area contributed by atoms with Crippen molar-refractivity contribution in [1.29, 1.82) is 0 Å². The monoisotopic (exact) mass is 265 g/mol. The van der Waals surface area contributed by atoms with Crippen molar-refractivity contribution in [2.45, 2.75) is 46.0 Å². The number of nitrogen functional groups attached to an aromatic ring is 1. The molecule has 0 bridgehead atoms. The Kier molecular flexibility index (Phi) is 4.81. The second-order valence-corrected chi connectivity index (χ2v) is 5.63. The van der Waals surface area contributed by atoms with Crippen LogP contribution < -0.4 is 5.73 Å². The third kappa shape index (κ3) is 4.16. The van der Waals surface area contributed by atoms with Gasteiger partial charge in [0.2, 0.25) is 0 Å². The Balaban J connectivity index is 2.94. The minimum absolute atomic E-state index is 0.0551. The van der Waals surface area contributed by atoms with Crippen LogP contribution in [0.1, 0.15) is 45.2 Å². The first kappa shape index (κ1) is 15.3. The third-order valence-corrected chi connectivity index (χ3v) is 2.99. The van der Waals surface area contributed by atoms with E-state index in [-0.39, 0.29) is 23.6 Å². The van der Waals surface area contributed by atoms with Gasteiger partial charge in [0.1, 0.15) is 5.75 Å². The van der Waals surface area contributed by atoms with Crippen molar-refractivity contribution in [1.82, 2.24) is 0 Å². The molecule has 4 heteroatoms. The SMILES string of the molecule is CCOC(=O)CCc1cc(C(C)(C)C)cc(N)c1O. The summed E-state index contributed by atoms with van der Waals surface area (Å²) in [5, 5.41) is 9.95. The number of aromatic hydroxyl groups is 1. The standard InChI is InChI=1S/C15H23NO3/c1-5-19-13(17)7-6-10-8-11(15(2,3)4)9-12(16)14(10)18/h8-9,18H,5-7,16H2,1-4H3. The van der Waals surface area contributed by atoms with E-state index < -0.39 is 0 Å². The molecule has 1 aromatic carbocycles. The highest BCUT2D eigenvalue weighted by Gasteiger charge is 2.18. The molecule has 4 nitrogen and oxygen atoms in total. The maximum Gasteiger partial charge on any atom is 0.306 e. The molecule has 106 valence electrons. The lowest BCUT2D eigenvalue weighted by atomic mass is 9.85. The van der Waals surface area contributed by atoms with Crippen molar-refractivity contribution in [3.63, 3.8) is 0 Å². The summed E-state index contributed by atoms with van der Waals surface area (Å²) in [6, 6.07) is 3.69. The smallest absolute Gasteiger partial charge is 0.306 e. The zero-order valence-corrected chi connectivity index (χ0v) is 12.1. The van der Waals surface area contributed by atoms with Gasteiger partial charge in [-0.25, -0.2) is 0 Å². The number of benzene rings is 1.